The van der Waals surface area contributed by atoms with E-state index in [1.54, 1.807) is 12.1 Å². The number of hydrogen-bond acceptors (Lipinski definition) is 5. The number of hydrogen-bond donors (Lipinski definition) is 3. The second kappa shape index (κ2) is 8.05. The number of halogens is 1. The predicted octanol–water partition coefficient (Wildman–Crippen LogP) is 3.51. The van der Waals surface area contributed by atoms with Crippen LogP contribution < -0.4 is 10.0 Å². The maximum Gasteiger partial charge on any atom is 0.209 e. The Morgan fingerprint density at radius 1 is 1.20 bits per heavy atom. The van der Waals surface area contributed by atoms with Gasteiger partial charge in [-0.25, -0.2) is 22.5 Å². The highest BCUT2D eigenvalue weighted by Crippen LogP contribution is 2.33. The van der Waals surface area contributed by atoms with Crippen LogP contribution in [-0.4, -0.2) is 36.7 Å². The SMILES string of the molecule is CS(=O)(=O)N[C@H]1CCCC[C@@H]1Nc1c(C#N)cnc2[nH]c(-c3ccc(F)cc3)cc12. The molecule has 2 atom stereocenters. The van der Waals surface area contributed by atoms with Crippen molar-refractivity contribution in [3.63, 3.8) is 0 Å². The highest BCUT2D eigenvalue weighted by molar-refractivity contribution is 7.88. The molecule has 0 unspecified atom stereocenters. The molecule has 2 heterocycles. The molecule has 1 aliphatic rings. The molecule has 0 saturated heterocycles. The van der Waals surface area contributed by atoms with Crippen molar-refractivity contribution >= 4 is 26.7 Å². The fourth-order valence-corrected chi connectivity index (χ4v) is 4.84. The Hall–Kier alpha value is -2.96. The van der Waals surface area contributed by atoms with Gasteiger partial charge in [-0.15, -0.1) is 0 Å². The lowest BCUT2D eigenvalue weighted by Gasteiger charge is -2.33. The molecule has 0 spiro atoms. The minimum absolute atomic E-state index is 0.143. The maximum absolute atomic E-state index is 13.3. The summed E-state index contributed by atoms with van der Waals surface area (Å²) in [5.74, 6) is -0.316. The summed E-state index contributed by atoms with van der Waals surface area (Å²) in [6.45, 7) is 0. The van der Waals surface area contributed by atoms with Crippen LogP contribution in [0.3, 0.4) is 0 Å². The molecule has 1 aliphatic carbocycles. The number of nitrogens with one attached hydrogen (secondary N) is 3. The van der Waals surface area contributed by atoms with Crippen LogP contribution in [0.4, 0.5) is 10.1 Å². The largest absolute Gasteiger partial charge is 0.379 e. The van der Waals surface area contributed by atoms with Gasteiger partial charge in [0.1, 0.15) is 17.5 Å². The number of pyridine rings is 1. The van der Waals surface area contributed by atoms with Crippen LogP contribution in [0.25, 0.3) is 22.3 Å². The van der Waals surface area contributed by atoms with E-state index < -0.39 is 10.0 Å². The third-order valence-corrected chi connectivity index (χ3v) is 6.13. The zero-order chi connectivity index (χ0) is 21.3. The molecule has 1 fully saturated rings. The van der Waals surface area contributed by atoms with Gasteiger partial charge in [0.15, 0.2) is 0 Å². The molecular weight excluding hydrogens is 405 g/mol. The first-order chi connectivity index (χ1) is 14.3. The number of rotatable bonds is 5. The molecule has 0 radical (unpaired) electrons. The van der Waals surface area contributed by atoms with E-state index in [2.05, 4.69) is 26.1 Å². The van der Waals surface area contributed by atoms with E-state index >= 15 is 0 Å². The second-order valence-electron chi connectivity index (χ2n) is 7.64. The van der Waals surface area contributed by atoms with E-state index in [0.717, 1.165) is 48.6 Å². The van der Waals surface area contributed by atoms with Crippen LogP contribution in [0, 0.1) is 17.1 Å². The number of sulfonamides is 1. The minimum Gasteiger partial charge on any atom is -0.379 e. The van der Waals surface area contributed by atoms with Gasteiger partial charge in [0.2, 0.25) is 10.0 Å². The molecule has 2 aromatic heterocycles. The number of aromatic nitrogens is 2. The molecular formula is C21H22FN5O2S. The summed E-state index contributed by atoms with van der Waals surface area (Å²) < 4.78 is 39.6. The predicted molar refractivity (Wildman–Crippen MR) is 114 cm³/mol. The summed E-state index contributed by atoms with van der Waals surface area (Å²) in [4.78, 5) is 7.56. The van der Waals surface area contributed by atoms with E-state index in [0.29, 0.717) is 16.9 Å². The average Bonchev–Trinajstić information content (AvgIpc) is 3.14. The minimum atomic E-state index is -3.35. The Bertz CT molecular complexity index is 1210. The highest BCUT2D eigenvalue weighted by Gasteiger charge is 2.28. The van der Waals surface area contributed by atoms with Gasteiger partial charge in [-0.1, -0.05) is 12.8 Å². The zero-order valence-corrected chi connectivity index (χ0v) is 17.3. The van der Waals surface area contributed by atoms with Crippen LogP contribution in [0.2, 0.25) is 0 Å². The summed E-state index contributed by atoms with van der Waals surface area (Å²) >= 11 is 0. The molecule has 4 rings (SSSR count). The van der Waals surface area contributed by atoms with Gasteiger partial charge in [-0.05, 0) is 48.7 Å². The van der Waals surface area contributed by atoms with Crippen molar-refractivity contribution in [3.05, 3.63) is 47.9 Å². The number of nitrogens with zero attached hydrogens (tertiary/aromatic N) is 2. The normalized spacial score (nSPS) is 19.5. The lowest BCUT2D eigenvalue weighted by molar-refractivity contribution is 0.379. The number of nitriles is 1. The van der Waals surface area contributed by atoms with Crippen LogP contribution in [0.5, 0.6) is 0 Å². The van der Waals surface area contributed by atoms with Gasteiger partial charge < -0.3 is 10.3 Å². The van der Waals surface area contributed by atoms with Gasteiger partial charge in [0.05, 0.1) is 17.5 Å². The molecule has 3 N–H and O–H groups in total. The zero-order valence-electron chi connectivity index (χ0n) is 16.4. The van der Waals surface area contributed by atoms with Crippen molar-refractivity contribution in [3.8, 4) is 17.3 Å². The Morgan fingerprint density at radius 3 is 2.57 bits per heavy atom. The number of benzene rings is 1. The number of anilines is 1. The van der Waals surface area contributed by atoms with Crippen molar-refractivity contribution in [1.82, 2.24) is 14.7 Å². The summed E-state index contributed by atoms with van der Waals surface area (Å²) in [5, 5.41) is 13.8. The Labute approximate surface area is 174 Å². The summed E-state index contributed by atoms with van der Waals surface area (Å²) in [6.07, 6.45) is 6.10. The first-order valence-electron chi connectivity index (χ1n) is 9.75. The molecule has 1 aromatic carbocycles. The Kier molecular flexibility index (Phi) is 5.45. The number of aromatic amines is 1. The lowest BCUT2D eigenvalue weighted by Crippen LogP contribution is -2.48. The van der Waals surface area contributed by atoms with Crippen molar-refractivity contribution in [2.24, 2.45) is 0 Å². The first-order valence-corrected chi connectivity index (χ1v) is 11.6. The van der Waals surface area contributed by atoms with Crippen LogP contribution in [0.1, 0.15) is 31.2 Å². The maximum atomic E-state index is 13.3. The summed E-state index contributed by atoms with van der Waals surface area (Å²) in [6, 6.07) is 9.77. The fraction of sp³-hybridized carbons (Fsp3) is 0.333. The molecule has 9 heteroatoms. The quantitative estimate of drug-likeness (QED) is 0.577. The van der Waals surface area contributed by atoms with E-state index in [1.165, 1.54) is 18.3 Å². The molecule has 0 amide bonds. The molecule has 1 saturated carbocycles. The van der Waals surface area contributed by atoms with Crippen LogP contribution >= 0.6 is 0 Å². The standard InChI is InChI=1S/C21H22FN5O2S/c1-30(28,29)27-18-5-3-2-4-17(18)25-20-14(11-23)12-24-21-16(20)10-19(26-21)13-6-8-15(22)9-7-13/h6-10,12,17-18,27H,2-5H2,1H3,(H2,24,25,26)/t17-,18-/m0/s1. The van der Waals surface area contributed by atoms with Crippen molar-refractivity contribution in [1.29, 1.82) is 5.26 Å². The third kappa shape index (κ3) is 4.30. The van der Waals surface area contributed by atoms with E-state index in [1.807, 2.05) is 6.07 Å². The molecule has 7 nitrogen and oxygen atoms in total. The van der Waals surface area contributed by atoms with Crippen LogP contribution in [0.15, 0.2) is 36.5 Å². The monoisotopic (exact) mass is 427 g/mol. The van der Waals surface area contributed by atoms with Gasteiger partial charge in [0, 0.05) is 29.4 Å². The van der Waals surface area contributed by atoms with Crippen molar-refractivity contribution in [2.75, 3.05) is 11.6 Å². The van der Waals surface area contributed by atoms with Crippen LogP contribution in [-0.2, 0) is 10.0 Å². The topological polar surface area (TPSA) is 111 Å². The van der Waals surface area contributed by atoms with E-state index in [9.17, 15) is 18.1 Å². The molecule has 156 valence electrons. The van der Waals surface area contributed by atoms with Crippen molar-refractivity contribution < 1.29 is 12.8 Å². The average molecular weight is 428 g/mol. The summed E-state index contributed by atoms with van der Waals surface area (Å²) in [5.41, 5.74) is 3.16. The molecule has 30 heavy (non-hydrogen) atoms. The smallest absolute Gasteiger partial charge is 0.209 e. The number of fused-ring (bicyclic) bond motifs is 1. The Balaban J connectivity index is 1.73. The van der Waals surface area contributed by atoms with Gasteiger partial charge in [0.25, 0.3) is 0 Å². The first kappa shape index (κ1) is 20.3. The van der Waals surface area contributed by atoms with Crippen molar-refractivity contribution in [2.45, 2.75) is 37.8 Å². The van der Waals surface area contributed by atoms with Gasteiger partial charge in [-0.3, -0.25) is 0 Å². The van der Waals surface area contributed by atoms with Gasteiger partial charge >= 0.3 is 0 Å². The third-order valence-electron chi connectivity index (χ3n) is 5.40. The highest BCUT2D eigenvalue weighted by atomic mass is 32.2. The molecule has 0 aliphatic heterocycles. The number of H-pyrrole nitrogens is 1. The molecule has 3 aromatic rings. The summed E-state index contributed by atoms with van der Waals surface area (Å²) in [7, 11) is -3.35. The van der Waals surface area contributed by atoms with E-state index in [-0.39, 0.29) is 17.9 Å². The second-order valence-corrected chi connectivity index (χ2v) is 9.42. The van der Waals surface area contributed by atoms with Gasteiger partial charge in [-0.2, -0.15) is 5.26 Å². The Morgan fingerprint density at radius 2 is 1.90 bits per heavy atom. The lowest BCUT2D eigenvalue weighted by atomic mass is 9.90. The molecule has 0 bridgehead atoms. The fourth-order valence-electron chi connectivity index (χ4n) is 4.01. The van der Waals surface area contributed by atoms with E-state index in [4.69, 9.17) is 0 Å².